The standard InChI is InChI=1S/C20H23FN2O3S/c1-15-7-2-3-8-17(15)14-27(25,26)23-12-6-9-16(13-23)20(24)22-19-11-5-4-10-18(19)21/h2-5,7-8,10-11,16H,6,9,12-14H2,1H3,(H,22,24). The highest BCUT2D eigenvalue weighted by molar-refractivity contribution is 7.88. The summed E-state index contributed by atoms with van der Waals surface area (Å²) in [4.78, 5) is 12.5. The van der Waals surface area contributed by atoms with Crippen LogP contribution in [0.15, 0.2) is 48.5 Å². The third-order valence-corrected chi connectivity index (χ3v) is 6.67. The minimum atomic E-state index is -3.53. The van der Waals surface area contributed by atoms with E-state index in [4.69, 9.17) is 0 Å². The van der Waals surface area contributed by atoms with Gasteiger partial charge in [-0.2, -0.15) is 0 Å². The Kier molecular flexibility index (Phi) is 5.92. The number of aryl methyl sites for hydroxylation is 1. The number of hydrogen-bond donors (Lipinski definition) is 1. The number of anilines is 1. The molecule has 5 nitrogen and oxygen atoms in total. The van der Waals surface area contributed by atoms with Gasteiger partial charge < -0.3 is 5.32 Å². The minimum Gasteiger partial charge on any atom is -0.323 e. The predicted molar refractivity (Wildman–Crippen MR) is 103 cm³/mol. The van der Waals surface area contributed by atoms with Crippen molar-refractivity contribution in [3.8, 4) is 0 Å². The number of hydrogen-bond acceptors (Lipinski definition) is 3. The van der Waals surface area contributed by atoms with Crippen LogP contribution in [0, 0.1) is 18.7 Å². The van der Waals surface area contributed by atoms with Crippen LogP contribution in [0.4, 0.5) is 10.1 Å². The molecule has 0 aromatic heterocycles. The molecule has 144 valence electrons. The smallest absolute Gasteiger partial charge is 0.228 e. The van der Waals surface area contributed by atoms with Gasteiger partial charge in [0.25, 0.3) is 0 Å². The largest absolute Gasteiger partial charge is 0.323 e. The second-order valence-electron chi connectivity index (χ2n) is 6.85. The van der Waals surface area contributed by atoms with E-state index >= 15 is 0 Å². The summed E-state index contributed by atoms with van der Waals surface area (Å²) >= 11 is 0. The van der Waals surface area contributed by atoms with E-state index in [1.54, 1.807) is 18.2 Å². The van der Waals surface area contributed by atoms with Crippen molar-refractivity contribution in [1.82, 2.24) is 4.31 Å². The number of nitrogens with zero attached hydrogens (tertiary/aromatic N) is 1. The fraction of sp³-hybridized carbons (Fsp3) is 0.350. The summed E-state index contributed by atoms with van der Waals surface area (Å²) in [6.07, 6.45) is 1.18. The van der Waals surface area contributed by atoms with Crippen LogP contribution in [0.2, 0.25) is 0 Å². The summed E-state index contributed by atoms with van der Waals surface area (Å²) < 4.78 is 40.8. The summed E-state index contributed by atoms with van der Waals surface area (Å²) in [6, 6.07) is 13.3. The molecule has 1 unspecified atom stereocenters. The molecule has 0 aliphatic carbocycles. The van der Waals surface area contributed by atoms with Gasteiger partial charge in [0.05, 0.1) is 17.4 Å². The summed E-state index contributed by atoms with van der Waals surface area (Å²) in [5, 5.41) is 2.58. The molecule has 1 aliphatic rings. The van der Waals surface area contributed by atoms with E-state index in [1.165, 1.54) is 16.4 Å². The Labute approximate surface area is 159 Å². The summed E-state index contributed by atoms with van der Waals surface area (Å²) in [6.45, 7) is 2.40. The van der Waals surface area contributed by atoms with Gasteiger partial charge in [-0.15, -0.1) is 0 Å². The normalized spacial score (nSPS) is 18.2. The zero-order chi connectivity index (χ0) is 19.4. The van der Waals surface area contributed by atoms with Gasteiger partial charge in [-0.05, 0) is 43.0 Å². The van der Waals surface area contributed by atoms with Crippen molar-refractivity contribution in [2.45, 2.75) is 25.5 Å². The van der Waals surface area contributed by atoms with Gasteiger partial charge in [-0.3, -0.25) is 4.79 Å². The Hall–Kier alpha value is -2.25. The van der Waals surface area contributed by atoms with Crippen molar-refractivity contribution in [1.29, 1.82) is 0 Å². The van der Waals surface area contributed by atoms with Gasteiger partial charge >= 0.3 is 0 Å². The third-order valence-electron chi connectivity index (χ3n) is 4.88. The van der Waals surface area contributed by atoms with Gasteiger partial charge in [0.2, 0.25) is 15.9 Å². The van der Waals surface area contributed by atoms with E-state index < -0.39 is 21.8 Å². The first-order valence-electron chi connectivity index (χ1n) is 8.94. The first kappa shape index (κ1) is 19.5. The number of halogens is 1. The highest BCUT2D eigenvalue weighted by Crippen LogP contribution is 2.24. The third kappa shape index (κ3) is 4.73. The highest BCUT2D eigenvalue weighted by Gasteiger charge is 2.32. The molecular formula is C20H23FN2O3S. The number of benzene rings is 2. The van der Waals surface area contributed by atoms with Crippen molar-refractivity contribution in [2.24, 2.45) is 5.92 Å². The van der Waals surface area contributed by atoms with Crippen LogP contribution in [-0.4, -0.2) is 31.7 Å². The molecule has 2 aromatic carbocycles. The Morgan fingerprint density at radius 3 is 2.63 bits per heavy atom. The molecule has 1 amide bonds. The van der Waals surface area contributed by atoms with Crippen LogP contribution >= 0.6 is 0 Å². The number of rotatable bonds is 5. The number of carbonyl (C=O) groups excluding carboxylic acids is 1. The molecule has 0 radical (unpaired) electrons. The first-order valence-corrected chi connectivity index (χ1v) is 10.6. The zero-order valence-electron chi connectivity index (χ0n) is 15.2. The van der Waals surface area contributed by atoms with E-state index in [-0.39, 0.29) is 23.9 Å². The Morgan fingerprint density at radius 1 is 1.19 bits per heavy atom. The van der Waals surface area contributed by atoms with Gasteiger partial charge in [-0.25, -0.2) is 17.1 Å². The van der Waals surface area contributed by atoms with Crippen molar-refractivity contribution in [2.75, 3.05) is 18.4 Å². The average molecular weight is 390 g/mol. The number of carbonyl (C=O) groups is 1. The van der Waals surface area contributed by atoms with Crippen molar-refractivity contribution in [3.05, 3.63) is 65.5 Å². The molecule has 0 spiro atoms. The van der Waals surface area contributed by atoms with Crippen LogP contribution in [0.1, 0.15) is 24.0 Å². The summed E-state index contributed by atoms with van der Waals surface area (Å²) in [5.74, 6) is -1.44. The molecule has 1 fully saturated rings. The van der Waals surface area contributed by atoms with E-state index in [9.17, 15) is 17.6 Å². The monoisotopic (exact) mass is 390 g/mol. The number of nitrogens with one attached hydrogen (secondary N) is 1. The maximum Gasteiger partial charge on any atom is 0.228 e. The van der Waals surface area contributed by atoms with E-state index in [0.29, 0.717) is 19.4 Å². The maximum atomic E-state index is 13.7. The number of para-hydroxylation sites is 1. The van der Waals surface area contributed by atoms with Gasteiger partial charge in [0, 0.05) is 13.1 Å². The van der Waals surface area contributed by atoms with Gasteiger partial charge in [0.1, 0.15) is 5.82 Å². The summed E-state index contributed by atoms with van der Waals surface area (Å²) in [5.41, 5.74) is 1.80. The van der Waals surface area contributed by atoms with E-state index in [0.717, 1.165) is 11.1 Å². The van der Waals surface area contributed by atoms with Crippen molar-refractivity contribution in [3.63, 3.8) is 0 Å². The number of sulfonamides is 1. The predicted octanol–water partition coefficient (Wildman–Crippen LogP) is 3.31. The fourth-order valence-corrected chi connectivity index (χ4v) is 4.98. The highest BCUT2D eigenvalue weighted by atomic mass is 32.2. The molecule has 1 N–H and O–H groups in total. The Balaban J connectivity index is 1.69. The summed E-state index contributed by atoms with van der Waals surface area (Å²) in [7, 11) is -3.53. The lowest BCUT2D eigenvalue weighted by molar-refractivity contribution is -0.120. The van der Waals surface area contributed by atoms with Crippen molar-refractivity contribution >= 4 is 21.6 Å². The Morgan fingerprint density at radius 2 is 1.89 bits per heavy atom. The fourth-order valence-electron chi connectivity index (χ4n) is 3.27. The molecule has 7 heteroatoms. The molecule has 27 heavy (non-hydrogen) atoms. The maximum absolute atomic E-state index is 13.7. The van der Waals surface area contributed by atoms with E-state index in [2.05, 4.69) is 5.32 Å². The van der Waals surface area contributed by atoms with Crippen LogP contribution in [0.5, 0.6) is 0 Å². The lowest BCUT2D eigenvalue weighted by atomic mass is 9.98. The quantitative estimate of drug-likeness (QED) is 0.852. The van der Waals surface area contributed by atoms with Gasteiger partial charge in [-0.1, -0.05) is 36.4 Å². The molecule has 0 bridgehead atoms. The topological polar surface area (TPSA) is 66.5 Å². The lowest BCUT2D eigenvalue weighted by Gasteiger charge is -2.31. The lowest BCUT2D eigenvalue weighted by Crippen LogP contribution is -2.44. The second-order valence-corrected chi connectivity index (χ2v) is 8.82. The number of piperidine rings is 1. The van der Waals surface area contributed by atoms with Crippen LogP contribution in [0.3, 0.4) is 0 Å². The van der Waals surface area contributed by atoms with Crippen LogP contribution in [-0.2, 0) is 20.6 Å². The Bertz CT molecular complexity index is 930. The van der Waals surface area contributed by atoms with E-state index in [1.807, 2.05) is 25.1 Å². The molecule has 3 rings (SSSR count). The average Bonchev–Trinajstić information content (AvgIpc) is 2.65. The van der Waals surface area contributed by atoms with Crippen LogP contribution in [0.25, 0.3) is 0 Å². The SMILES string of the molecule is Cc1ccccc1CS(=O)(=O)N1CCCC(C(=O)Nc2ccccc2F)C1. The molecule has 1 aliphatic heterocycles. The van der Waals surface area contributed by atoms with Crippen LogP contribution < -0.4 is 5.32 Å². The number of amides is 1. The molecular weight excluding hydrogens is 367 g/mol. The minimum absolute atomic E-state index is 0.0820. The molecule has 0 saturated carbocycles. The molecule has 2 aromatic rings. The van der Waals surface area contributed by atoms with Gasteiger partial charge in [0.15, 0.2) is 0 Å². The zero-order valence-corrected chi connectivity index (χ0v) is 16.0. The molecule has 1 atom stereocenters. The second kappa shape index (κ2) is 8.19. The molecule has 1 saturated heterocycles. The first-order chi connectivity index (χ1) is 12.9. The molecule has 1 heterocycles. The van der Waals surface area contributed by atoms with Crippen molar-refractivity contribution < 1.29 is 17.6 Å².